The zero-order chi connectivity index (χ0) is 17.1. The zero-order valence-electron chi connectivity index (χ0n) is 13.3. The van der Waals surface area contributed by atoms with Crippen LogP contribution in [0.4, 0.5) is 10.7 Å². The summed E-state index contributed by atoms with van der Waals surface area (Å²) in [6.45, 7) is 0.279. The van der Waals surface area contributed by atoms with E-state index in [9.17, 15) is 4.79 Å². The molecule has 2 aromatic carbocycles. The Balaban J connectivity index is 1.51. The third kappa shape index (κ3) is 3.27. The molecule has 0 N–H and O–H groups in total. The van der Waals surface area contributed by atoms with Crippen molar-refractivity contribution in [2.24, 2.45) is 0 Å². The van der Waals surface area contributed by atoms with Gasteiger partial charge in [-0.15, -0.1) is 11.3 Å². The third-order valence-electron chi connectivity index (χ3n) is 3.89. The molecule has 1 aliphatic rings. The van der Waals surface area contributed by atoms with E-state index in [1.54, 1.807) is 4.90 Å². The summed E-state index contributed by atoms with van der Waals surface area (Å²) in [5.41, 5.74) is 2.94. The Kier molecular flexibility index (Phi) is 4.23. The van der Waals surface area contributed by atoms with Crippen LogP contribution in [0.2, 0.25) is 0 Å². The number of fused-ring (bicyclic) bond motifs is 1. The van der Waals surface area contributed by atoms with Crippen molar-refractivity contribution >= 4 is 40.6 Å². The van der Waals surface area contributed by atoms with E-state index in [0.717, 1.165) is 39.7 Å². The quantitative estimate of drug-likeness (QED) is 0.484. The molecule has 2 heterocycles. The minimum Gasteiger partial charge on any atom is -0.454 e. The monoisotopic (exact) mass is 349 g/mol. The summed E-state index contributed by atoms with van der Waals surface area (Å²) in [7, 11) is 0. The van der Waals surface area contributed by atoms with Crippen LogP contribution in [0.1, 0.15) is 11.1 Å². The Labute approximate surface area is 149 Å². The highest BCUT2D eigenvalue weighted by molar-refractivity contribution is 7.14. The largest absolute Gasteiger partial charge is 0.454 e. The first-order chi connectivity index (χ1) is 12.3. The number of anilines is 2. The van der Waals surface area contributed by atoms with Crippen LogP contribution in [0.5, 0.6) is 11.5 Å². The number of ether oxygens (including phenoxy) is 2. The number of hydrogen-bond acceptors (Lipinski definition) is 4. The fourth-order valence-corrected chi connectivity index (χ4v) is 3.32. The smallest absolute Gasteiger partial charge is 0.231 e. The minimum atomic E-state index is 0.279. The number of rotatable bonds is 5. The average molecular weight is 349 g/mol. The lowest BCUT2D eigenvalue weighted by Gasteiger charge is -2.15. The number of amides is 1. The number of benzene rings is 2. The molecule has 25 heavy (non-hydrogen) atoms. The van der Waals surface area contributed by atoms with E-state index in [2.05, 4.69) is 0 Å². The molecule has 4 nitrogen and oxygen atoms in total. The lowest BCUT2D eigenvalue weighted by molar-refractivity contribution is -0.106. The molecule has 1 amide bonds. The van der Waals surface area contributed by atoms with Crippen LogP contribution in [0.15, 0.2) is 60.0 Å². The molecule has 0 spiro atoms. The second-order valence-electron chi connectivity index (χ2n) is 5.46. The molecule has 5 heteroatoms. The summed E-state index contributed by atoms with van der Waals surface area (Å²) < 4.78 is 10.7. The van der Waals surface area contributed by atoms with E-state index in [-0.39, 0.29) is 6.79 Å². The van der Waals surface area contributed by atoms with Gasteiger partial charge < -0.3 is 9.47 Å². The van der Waals surface area contributed by atoms with Crippen LogP contribution >= 0.6 is 11.3 Å². The van der Waals surface area contributed by atoms with Crippen LogP contribution in [0.3, 0.4) is 0 Å². The number of carbonyl (C=O) groups is 1. The average Bonchev–Trinajstić information content (AvgIpc) is 3.33. The Morgan fingerprint density at radius 3 is 2.44 bits per heavy atom. The van der Waals surface area contributed by atoms with Crippen molar-refractivity contribution in [3.8, 4) is 11.5 Å². The zero-order valence-corrected chi connectivity index (χ0v) is 14.1. The molecular formula is C20H15NO3S. The van der Waals surface area contributed by atoms with Crippen molar-refractivity contribution < 1.29 is 14.3 Å². The Bertz CT molecular complexity index is 901. The van der Waals surface area contributed by atoms with Crippen molar-refractivity contribution in [3.63, 3.8) is 0 Å². The molecule has 4 rings (SSSR count). The maximum Gasteiger partial charge on any atom is 0.231 e. The lowest BCUT2D eigenvalue weighted by Crippen LogP contribution is -2.12. The van der Waals surface area contributed by atoms with Gasteiger partial charge in [-0.3, -0.25) is 9.69 Å². The predicted molar refractivity (Wildman–Crippen MR) is 100 cm³/mol. The number of thiophene rings is 1. The fourth-order valence-electron chi connectivity index (χ4n) is 2.60. The molecule has 0 fully saturated rings. The molecular weight excluding hydrogens is 334 g/mol. The highest BCUT2D eigenvalue weighted by atomic mass is 32.1. The van der Waals surface area contributed by atoms with Crippen LogP contribution < -0.4 is 14.4 Å². The number of hydrogen-bond donors (Lipinski definition) is 0. The Hall–Kier alpha value is -3.05. The first-order valence-electron chi connectivity index (χ1n) is 7.79. The van der Waals surface area contributed by atoms with Gasteiger partial charge in [-0.2, -0.15) is 0 Å². The summed E-state index contributed by atoms with van der Waals surface area (Å²) in [4.78, 5) is 13.0. The SMILES string of the molecule is O=CN(c1ccc(/C=C/c2ccc3c(c2)OCO3)cc1)c1cccs1. The van der Waals surface area contributed by atoms with Gasteiger partial charge in [0.1, 0.15) is 5.00 Å². The lowest BCUT2D eigenvalue weighted by atomic mass is 10.1. The van der Waals surface area contributed by atoms with Gasteiger partial charge in [-0.25, -0.2) is 0 Å². The standard InChI is InChI=1S/C20H15NO3S/c22-13-21(20-2-1-11-25-20)17-8-5-15(6-9-17)3-4-16-7-10-18-19(12-16)24-14-23-18/h1-13H,14H2/b4-3+. The second-order valence-corrected chi connectivity index (χ2v) is 6.39. The van der Waals surface area contributed by atoms with Crippen molar-refractivity contribution in [2.75, 3.05) is 11.7 Å². The van der Waals surface area contributed by atoms with Crippen molar-refractivity contribution in [1.29, 1.82) is 0 Å². The van der Waals surface area contributed by atoms with Gasteiger partial charge in [0, 0.05) is 5.69 Å². The molecule has 0 bridgehead atoms. The van der Waals surface area contributed by atoms with Gasteiger partial charge >= 0.3 is 0 Å². The first-order valence-corrected chi connectivity index (χ1v) is 8.67. The molecule has 0 atom stereocenters. The number of carbonyl (C=O) groups excluding carboxylic acids is 1. The van der Waals surface area contributed by atoms with Gasteiger partial charge in [0.05, 0.1) is 0 Å². The van der Waals surface area contributed by atoms with E-state index in [4.69, 9.17) is 9.47 Å². The summed E-state index contributed by atoms with van der Waals surface area (Å²) in [5, 5.41) is 2.85. The normalized spacial score (nSPS) is 12.5. The molecule has 1 aromatic heterocycles. The summed E-state index contributed by atoms with van der Waals surface area (Å²) >= 11 is 1.53. The molecule has 124 valence electrons. The van der Waals surface area contributed by atoms with E-state index in [1.807, 2.05) is 72.1 Å². The molecule has 0 saturated heterocycles. The Morgan fingerprint density at radius 1 is 0.920 bits per heavy atom. The second kappa shape index (κ2) is 6.83. The van der Waals surface area contributed by atoms with Gasteiger partial charge in [-0.05, 0) is 52.9 Å². The maximum atomic E-state index is 11.4. The Morgan fingerprint density at radius 2 is 1.68 bits per heavy atom. The van der Waals surface area contributed by atoms with Gasteiger partial charge in [0.15, 0.2) is 11.5 Å². The van der Waals surface area contributed by atoms with Crippen molar-refractivity contribution in [2.45, 2.75) is 0 Å². The molecule has 1 aliphatic heterocycles. The number of nitrogens with zero attached hydrogens (tertiary/aromatic N) is 1. The summed E-state index contributed by atoms with van der Waals surface area (Å²) in [6, 6.07) is 17.6. The molecule has 0 aliphatic carbocycles. The minimum absolute atomic E-state index is 0.279. The summed E-state index contributed by atoms with van der Waals surface area (Å²) in [5.74, 6) is 1.55. The van der Waals surface area contributed by atoms with Gasteiger partial charge in [0.2, 0.25) is 13.2 Å². The highest BCUT2D eigenvalue weighted by Crippen LogP contribution is 2.33. The molecule has 0 unspecified atom stereocenters. The summed E-state index contributed by atoms with van der Waals surface area (Å²) in [6.07, 6.45) is 4.88. The van der Waals surface area contributed by atoms with Gasteiger partial charge in [-0.1, -0.05) is 30.4 Å². The van der Waals surface area contributed by atoms with Crippen molar-refractivity contribution in [3.05, 3.63) is 71.1 Å². The van der Waals surface area contributed by atoms with Crippen LogP contribution in [-0.2, 0) is 4.79 Å². The van der Waals surface area contributed by atoms with E-state index >= 15 is 0 Å². The van der Waals surface area contributed by atoms with Gasteiger partial charge in [0.25, 0.3) is 0 Å². The topological polar surface area (TPSA) is 38.8 Å². The fraction of sp³-hybridized carbons (Fsp3) is 0.0500. The molecule has 0 saturated carbocycles. The van der Waals surface area contributed by atoms with E-state index in [1.165, 1.54) is 11.3 Å². The van der Waals surface area contributed by atoms with Crippen LogP contribution in [0, 0.1) is 0 Å². The maximum absolute atomic E-state index is 11.4. The van der Waals surface area contributed by atoms with E-state index in [0.29, 0.717) is 0 Å². The van der Waals surface area contributed by atoms with Crippen LogP contribution in [0.25, 0.3) is 12.2 Å². The van der Waals surface area contributed by atoms with E-state index < -0.39 is 0 Å². The highest BCUT2D eigenvalue weighted by Gasteiger charge is 2.12. The van der Waals surface area contributed by atoms with Crippen molar-refractivity contribution in [1.82, 2.24) is 0 Å². The predicted octanol–water partition coefficient (Wildman–Crippen LogP) is 4.94. The third-order valence-corrected chi connectivity index (χ3v) is 4.75. The van der Waals surface area contributed by atoms with Crippen LogP contribution in [-0.4, -0.2) is 13.2 Å². The molecule has 0 radical (unpaired) electrons. The first kappa shape index (κ1) is 15.5. The molecule has 3 aromatic rings.